The Kier molecular flexibility index (Phi) is 3.35. The van der Waals surface area contributed by atoms with E-state index < -0.39 is 12.1 Å². The summed E-state index contributed by atoms with van der Waals surface area (Å²) in [6.07, 6.45) is 4.55. The molecule has 0 spiro atoms. The first-order valence-electron chi connectivity index (χ1n) is 3.56. The predicted molar refractivity (Wildman–Crippen MR) is 53.0 cm³/mol. The summed E-state index contributed by atoms with van der Waals surface area (Å²) >= 11 is 6.82. The van der Waals surface area contributed by atoms with Crippen molar-refractivity contribution in [2.24, 2.45) is 0 Å². The lowest BCUT2D eigenvalue weighted by Gasteiger charge is -2.04. The number of terminal acetylenes is 1. The zero-order valence-corrected chi connectivity index (χ0v) is 8.48. The van der Waals surface area contributed by atoms with Crippen molar-refractivity contribution in [2.75, 3.05) is 0 Å². The van der Waals surface area contributed by atoms with Crippen LogP contribution in [0.25, 0.3) is 0 Å². The molecule has 0 radical (unpaired) electrons. The Morgan fingerprint density at radius 3 is 2.92 bits per heavy atom. The Labute approximate surface area is 85.5 Å². The molecular weight excluding hydrogens is 208 g/mol. The van der Waals surface area contributed by atoms with Crippen molar-refractivity contribution >= 4 is 28.9 Å². The molecule has 4 heteroatoms. The molecule has 1 aromatic heterocycles. The van der Waals surface area contributed by atoms with E-state index >= 15 is 0 Å². The van der Waals surface area contributed by atoms with E-state index in [1.165, 1.54) is 11.3 Å². The van der Waals surface area contributed by atoms with Gasteiger partial charge < -0.3 is 4.74 Å². The van der Waals surface area contributed by atoms with E-state index in [1.807, 2.05) is 0 Å². The van der Waals surface area contributed by atoms with Crippen molar-refractivity contribution in [3.8, 4) is 12.3 Å². The van der Waals surface area contributed by atoms with Crippen LogP contribution in [0.4, 0.5) is 0 Å². The van der Waals surface area contributed by atoms with Crippen LogP contribution in [0.15, 0.2) is 12.1 Å². The molecule has 68 valence electrons. The fourth-order valence-electron chi connectivity index (χ4n) is 0.677. The van der Waals surface area contributed by atoms with Gasteiger partial charge in [0.25, 0.3) is 0 Å². The van der Waals surface area contributed by atoms with Crippen LogP contribution in [0.1, 0.15) is 16.6 Å². The fourth-order valence-corrected chi connectivity index (χ4v) is 1.60. The summed E-state index contributed by atoms with van der Waals surface area (Å²) in [5, 5.41) is 0. The van der Waals surface area contributed by atoms with Crippen molar-refractivity contribution in [3.63, 3.8) is 0 Å². The van der Waals surface area contributed by atoms with E-state index in [4.69, 9.17) is 22.8 Å². The van der Waals surface area contributed by atoms with E-state index in [2.05, 4.69) is 5.92 Å². The number of halogens is 1. The SMILES string of the molecule is C#CC(C)OC(=O)c1ccc(Cl)s1. The molecule has 1 aromatic rings. The second kappa shape index (κ2) is 4.31. The highest BCUT2D eigenvalue weighted by Gasteiger charge is 2.12. The average molecular weight is 215 g/mol. The van der Waals surface area contributed by atoms with Gasteiger partial charge in [-0.25, -0.2) is 4.79 Å². The first kappa shape index (κ1) is 10.1. The first-order valence-corrected chi connectivity index (χ1v) is 4.75. The molecule has 0 amide bonds. The Morgan fingerprint density at radius 1 is 1.77 bits per heavy atom. The molecule has 1 unspecified atom stereocenters. The molecule has 1 heterocycles. The van der Waals surface area contributed by atoms with Gasteiger partial charge in [0.15, 0.2) is 6.10 Å². The number of carbonyl (C=O) groups is 1. The minimum Gasteiger partial charge on any atom is -0.445 e. The fraction of sp³-hybridized carbons (Fsp3) is 0.222. The van der Waals surface area contributed by atoms with Gasteiger partial charge in [-0.3, -0.25) is 0 Å². The summed E-state index contributed by atoms with van der Waals surface area (Å²) in [7, 11) is 0. The van der Waals surface area contributed by atoms with Crippen LogP contribution in [0, 0.1) is 12.3 Å². The van der Waals surface area contributed by atoms with Gasteiger partial charge in [0.1, 0.15) is 4.88 Å². The van der Waals surface area contributed by atoms with Crippen LogP contribution in [-0.4, -0.2) is 12.1 Å². The molecule has 0 aliphatic rings. The molecular formula is C9H7ClO2S. The summed E-state index contributed by atoms with van der Waals surface area (Å²) in [4.78, 5) is 11.7. The van der Waals surface area contributed by atoms with Crippen molar-refractivity contribution in [3.05, 3.63) is 21.3 Å². The number of thiophene rings is 1. The maximum atomic E-state index is 11.3. The van der Waals surface area contributed by atoms with E-state index in [1.54, 1.807) is 19.1 Å². The summed E-state index contributed by atoms with van der Waals surface area (Å²) in [5.74, 6) is 1.87. The molecule has 0 aromatic carbocycles. The standard InChI is InChI=1S/C9H7ClO2S/c1-3-6(2)12-9(11)7-4-5-8(10)13-7/h1,4-6H,2H3. The minimum atomic E-state index is -0.506. The normalized spacial score (nSPS) is 11.8. The van der Waals surface area contributed by atoms with Crippen LogP contribution in [0.2, 0.25) is 4.34 Å². The highest BCUT2D eigenvalue weighted by Crippen LogP contribution is 2.22. The van der Waals surface area contributed by atoms with Crippen LogP contribution < -0.4 is 0 Å². The van der Waals surface area contributed by atoms with Crippen molar-refractivity contribution < 1.29 is 9.53 Å². The summed E-state index contributed by atoms with van der Waals surface area (Å²) in [6, 6.07) is 3.25. The van der Waals surface area contributed by atoms with Crippen molar-refractivity contribution in [2.45, 2.75) is 13.0 Å². The van der Waals surface area contributed by atoms with E-state index in [-0.39, 0.29) is 0 Å². The van der Waals surface area contributed by atoms with Gasteiger partial charge in [-0.05, 0) is 19.1 Å². The highest BCUT2D eigenvalue weighted by molar-refractivity contribution is 7.17. The highest BCUT2D eigenvalue weighted by atomic mass is 35.5. The molecule has 0 saturated heterocycles. The quantitative estimate of drug-likeness (QED) is 0.559. The Balaban J connectivity index is 2.65. The van der Waals surface area contributed by atoms with Crippen LogP contribution >= 0.6 is 22.9 Å². The summed E-state index contributed by atoms with van der Waals surface area (Å²) in [5.41, 5.74) is 0. The zero-order valence-electron chi connectivity index (χ0n) is 6.91. The lowest BCUT2D eigenvalue weighted by Crippen LogP contribution is -2.11. The van der Waals surface area contributed by atoms with Gasteiger partial charge >= 0.3 is 5.97 Å². The molecule has 1 atom stereocenters. The minimum absolute atomic E-state index is 0.428. The number of hydrogen-bond donors (Lipinski definition) is 0. The smallest absolute Gasteiger partial charge is 0.349 e. The lowest BCUT2D eigenvalue weighted by atomic mass is 10.4. The number of rotatable bonds is 2. The van der Waals surface area contributed by atoms with Gasteiger partial charge in [0.05, 0.1) is 4.34 Å². The molecule has 0 bridgehead atoms. The molecule has 0 N–H and O–H groups in total. The second-order valence-corrected chi connectivity index (χ2v) is 4.03. The van der Waals surface area contributed by atoms with Gasteiger partial charge in [0.2, 0.25) is 0 Å². The molecule has 0 aliphatic carbocycles. The largest absolute Gasteiger partial charge is 0.445 e. The maximum Gasteiger partial charge on any atom is 0.349 e. The number of esters is 1. The Bertz CT molecular complexity index is 351. The average Bonchev–Trinajstić information content (AvgIpc) is 2.51. The first-order chi connectivity index (χ1) is 6.13. The molecule has 0 saturated carbocycles. The lowest BCUT2D eigenvalue weighted by molar-refractivity contribution is 0.0444. The number of hydrogen-bond acceptors (Lipinski definition) is 3. The van der Waals surface area contributed by atoms with Crippen LogP contribution in [0.3, 0.4) is 0 Å². The third-order valence-corrected chi connectivity index (χ3v) is 2.50. The number of carbonyl (C=O) groups excluding carboxylic acids is 1. The van der Waals surface area contributed by atoms with Gasteiger partial charge in [-0.15, -0.1) is 17.8 Å². The van der Waals surface area contributed by atoms with Crippen LogP contribution in [0.5, 0.6) is 0 Å². The van der Waals surface area contributed by atoms with Crippen LogP contribution in [-0.2, 0) is 4.74 Å². The molecule has 13 heavy (non-hydrogen) atoms. The maximum absolute atomic E-state index is 11.3. The predicted octanol–water partition coefficient (Wildman–Crippen LogP) is 2.58. The molecule has 0 fully saturated rings. The van der Waals surface area contributed by atoms with E-state index in [0.717, 1.165) is 0 Å². The van der Waals surface area contributed by atoms with Gasteiger partial charge in [0, 0.05) is 0 Å². The van der Waals surface area contributed by atoms with Gasteiger partial charge in [-0.2, -0.15) is 0 Å². The van der Waals surface area contributed by atoms with Crippen molar-refractivity contribution in [1.82, 2.24) is 0 Å². The Hall–Kier alpha value is -0.980. The van der Waals surface area contributed by atoms with Crippen molar-refractivity contribution in [1.29, 1.82) is 0 Å². The van der Waals surface area contributed by atoms with Gasteiger partial charge in [-0.1, -0.05) is 17.5 Å². The molecule has 1 rings (SSSR count). The molecule has 0 aliphatic heterocycles. The van der Waals surface area contributed by atoms with E-state index in [0.29, 0.717) is 9.21 Å². The number of ether oxygens (including phenoxy) is 1. The molecule has 2 nitrogen and oxygen atoms in total. The third-order valence-electron chi connectivity index (χ3n) is 1.29. The Morgan fingerprint density at radius 2 is 2.46 bits per heavy atom. The summed E-state index contributed by atoms with van der Waals surface area (Å²) in [6.45, 7) is 1.63. The van der Waals surface area contributed by atoms with E-state index in [9.17, 15) is 4.79 Å². The monoisotopic (exact) mass is 214 g/mol. The third kappa shape index (κ3) is 2.76. The second-order valence-electron chi connectivity index (χ2n) is 2.32. The zero-order chi connectivity index (χ0) is 9.84. The topological polar surface area (TPSA) is 26.3 Å². The summed E-state index contributed by atoms with van der Waals surface area (Å²) < 4.78 is 5.43.